The van der Waals surface area contributed by atoms with Gasteiger partial charge in [0, 0.05) is 12.1 Å². The molecular weight excluding hydrogens is 264 g/mol. The van der Waals surface area contributed by atoms with Crippen LogP contribution in [0.5, 0.6) is 0 Å². The number of hydrogen-bond donors (Lipinski definition) is 1. The first-order valence-corrected chi connectivity index (χ1v) is 5.59. The Morgan fingerprint density at radius 1 is 1.05 bits per heavy atom. The van der Waals surface area contributed by atoms with Crippen LogP contribution in [0.1, 0.15) is 20.7 Å². The summed E-state index contributed by atoms with van der Waals surface area (Å²) < 4.78 is 5.11. The highest BCUT2D eigenvalue weighted by atomic mass is 16.5. The summed E-state index contributed by atoms with van der Waals surface area (Å²) in [6.07, 6.45) is 0. The second-order valence-electron chi connectivity index (χ2n) is 3.83. The maximum Gasteiger partial charge on any atom is 0.338 e. The summed E-state index contributed by atoms with van der Waals surface area (Å²) in [6, 6.07) is 7.83. The SMILES string of the molecule is COC(=O)c1ccccc1C(=O)n1[nH]c(=O)ccc1=O. The lowest BCUT2D eigenvalue weighted by Gasteiger charge is -2.07. The van der Waals surface area contributed by atoms with Crippen LogP contribution in [0.3, 0.4) is 0 Å². The van der Waals surface area contributed by atoms with Gasteiger partial charge in [-0.2, -0.15) is 4.68 Å². The molecule has 7 heteroatoms. The van der Waals surface area contributed by atoms with Crippen LogP contribution in [0.15, 0.2) is 46.0 Å². The summed E-state index contributed by atoms with van der Waals surface area (Å²) in [5.41, 5.74) is -1.33. The topological polar surface area (TPSA) is 98.2 Å². The highest BCUT2D eigenvalue weighted by Crippen LogP contribution is 2.10. The Morgan fingerprint density at radius 3 is 2.35 bits per heavy atom. The number of benzene rings is 1. The summed E-state index contributed by atoms with van der Waals surface area (Å²) in [5.74, 6) is -1.52. The van der Waals surface area contributed by atoms with Crippen molar-refractivity contribution in [3.63, 3.8) is 0 Å². The van der Waals surface area contributed by atoms with Crippen molar-refractivity contribution in [2.24, 2.45) is 0 Å². The number of nitrogens with one attached hydrogen (secondary N) is 1. The van der Waals surface area contributed by atoms with Crippen LogP contribution in [-0.2, 0) is 4.74 Å². The predicted octanol–water partition coefficient (Wildman–Crippen LogP) is 0.0117. The average molecular weight is 274 g/mol. The molecule has 0 aliphatic heterocycles. The van der Waals surface area contributed by atoms with Gasteiger partial charge in [0.05, 0.1) is 18.2 Å². The molecule has 0 amide bonds. The Hall–Kier alpha value is -2.96. The number of nitrogens with zero attached hydrogens (tertiary/aromatic N) is 1. The Balaban J connectivity index is 2.60. The van der Waals surface area contributed by atoms with E-state index in [1.807, 2.05) is 0 Å². The zero-order valence-corrected chi connectivity index (χ0v) is 10.5. The van der Waals surface area contributed by atoms with Gasteiger partial charge >= 0.3 is 5.97 Å². The fraction of sp³-hybridized carbons (Fsp3) is 0.0769. The Bertz CT molecular complexity index is 788. The van der Waals surface area contributed by atoms with Gasteiger partial charge in [-0.1, -0.05) is 12.1 Å². The highest BCUT2D eigenvalue weighted by Gasteiger charge is 2.19. The van der Waals surface area contributed by atoms with E-state index in [-0.39, 0.29) is 11.1 Å². The fourth-order valence-corrected chi connectivity index (χ4v) is 1.65. The second-order valence-corrected chi connectivity index (χ2v) is 3.83. The van der Waals surface area contributed by atoms with E-state index in [1.54, 1.807) is 6.07 Å². The number of aromatic nitrogens is 2. The first-order valence-electron chi connectivity index (χ1n) is 5.59. The molecule has 1 N–H and O–H groups in total. The lowest BCUT2D eigenvalue weighted by Crippen LogP contribution is -2.34. The van der Waals surface area contributed by atoms with Crippen LogP contribution in [0, 0.1) is 0 Å². The number of aromatic amines is 1. The third kappa shape index (κ3) is 2.41. The van der Waals surface area contributed by atoms with Crippen LogP contribution < -0.4 is 11.1 Å². The molecule has 0 aliphatic rings. The quantitative estimate of drug-likeness (QED) is 0.778. The van der Waals surface area contributed by atoms with Crippen LogP contribution in [-0.4, -0.2) is 28.8 Å². The van der Waals surface area contributed by atoms with Gasteiger partial charge in [-0.25, -0.2) is 4.79 Å². The van der Waals surface area contributed by atoms with Gasteiger partial charge < -0.3 is 4.74 Å². The van der Waals surface area contributed by atoms with E-state index < -0.39 is 23.0 Å². The normalized spacial score (nSPS) is 10.1. The third-order valence-electron chi connectivity index (χ3n) is 2.59. The average Bonchev–Trinajstić information content (AvgIpc) is 2.48. The maximum atomic E-state index is 12.2. The molecule has 0 spiro atoms. The van der Waals surface area contributed by atoms with Crippen molar-refractivity contribution in [2.75, 3.05) is 7.11 Å². The van der Waals surface area contributed by atoms with Crippen molar-refractivity contribution in [2.45, 2.75) is 0 Å². The Morgan fingerprint density at radius 2 is 1.70 bits per heavy atom. The summed E-state index contributed by atoms with van der Waals surface area (Å²) >= 11 is 0. The lowest BCUT2D eigenvalue weighted by molar-refractivity contribution is 0.0596. The van der Waals surface area contributed by atoms with Gasteiger partial charge in [0.2, 0.25) is 0 Å². The van der Waals surface area contributed by atoms with Crippen molar-refractivity contribution in [1.82, 2.24) is 9.78 Å². The van der Waals surface area contributed by atoms with E-state index in [0.29, 0.717) is 4.68 Å². The van der Waals surface area contributed by atoms with Crippen molar-refractivity contribution >= 4 is 11.9 Å². The molecule has 0 saturated carbocycles. The molecule has 102 valence electrons. The standard InChI is InChI=1S/C13H10N2O5/c1-20-13(19)9-5-3-2-4-8(9)12(18)15-11(17)7-6-10(16)14-15/h2-7H,1H3,(H,14,16). The highest BCUT2D eigenvalue weighted by molar-refractivity contribution is 6.05. The lowest BCUT2D eigenvalue weighted by atomic mass is 10.1. The third-order valence-corrected chi connectivity index (χ3v) is 2.59. The number of rotatable bonds is 2. The zero-order valence-electron chi connectivity index (χ0n) is 10.5. The number of methoxy groups -OCH3 is 1. The van der Waals surface area contributed by atoms with Gasteiger partial charge in [-0.15, -0.1) is 0 Å². The van der Waals surface area contributed by atoms with Gasteiger partial charge in [0.1, 0.15) is 0 Å². The zero-order chi connectivity index (χ0) is 14.7. The molecule has 0 atom stereocenters. The molecule has 1 aromatic carbocycles. The van der Waals surface area contributed by atoms with E-state index in [2.05, 4.69) is 9.84 Å². The number of esters is 1. The molecule has 20 heavy (non-hydrogen) atoms. The molecule has 2 aromatic rings. The maximum absolute atomic E-state index is 12.2. The van der Waals surface area contributed by atoms with Crippen LogP contribution >= 0.6 is 0 Å². The van der Waals surface area contributed by atoms with Gasteiger partial charge in [0.15, 0.2) is 0 Å². The van der Waals surface area contributed by atoms with Crippen molar-refractivity contribution in [3.05, 3.63) is 68.2 Å². The van der Waals surface area contributed by atoms with Crippen molar-refractivity contribution in [3.8, 4) is 0 Å². The minimum atomic E-state index is -0.811. The van der Waals surface area contributed by atoms with Gasteiger partial charge in [0.25, 0.3) is 17.0 Å². The molecule has 0 bridgehead atoms. The minimum Gasteiger partial charge on any atom is -0.465 e. The van der Waals surface area contributed by atoms with Crippen LogP contribution in [0.25, 0.3) is 0 Å². The van der Waals surface area contributed by atoms with E-state index in [4.69, 9.17) is 0 Å². The number of H-pyrrole nitrogens is 1. The number of hydrogen-bond acceptors (Lipinski definition) is 5. The fourth-order valence-electron chi connectivity index (χ4n) is 1.65. The van der Waals surface area contributed by atoms with Crippen LogP contribution in [0.4, 0.5) is 0 Å². The smallest absolute Gasteiger partial charge is 0.338 e. The van der Waals surface area contributed by atoms with E-state index in [9.17, 15) is 19.2 Å². The molecule has 0 saturated heterocycles. The Kier molecular flexibility index (Phi) is 3.60. The monoisotopic (exact) mass is 274 g/mol. The molecule has 0 unspecified atom stereocenters. The van der Waals surface area contributed by atoms with Gasteiger partial charge in [-0.05, 0) is 12.1 Å². The van der Waals surface area contributed by atoms with Crippen LogP contribution in [0.2, 0.25) is 0 Å². The van der Waals surface area contributed by atoms with Crippen molar-refractivity contribution < 1.29 is 14.3 Å². The molecule has 7 nitrogen and oxygen atoms in total. The Labute approximate surface area is 112 Å². The molecule has 0 fully saturated rings. The molecule has 2 rings (SSSR count). The summed E-state index contributed by atoms with van der Waals surface area (Å²) in [7, 11) is 1.18. The van der Waals surface area contributed by atoms with Crippen molar-refractivity contribution in [1.29, 1.82) is 0 Å². The largest absolute Gasteiger partial charge is 0.465 e. The first kappa shape index (κ1) is 13.5. The second kappa shape index (κ2) is 5.35. The van der Waals surface area contributed by atoms with E-state index >= 15 is 0 Å². The summed E-state index contributed by atoms with van der Waals surface area (Å²) in [6.45, 7) is 0. The molecule has 0 aliphatic carbocycles. The molecule has 0 radical (unpaired) electrons. The predicted molar refractivity (Wildman–Crippen MR) is 68.8 cm³/mol. The van der Waals surface area contributed by atoms with E-state index in [0.717, 1.165) is 12.1 Å². The number of ether oxygens (including phenoxy) is 1. The minimum absolute atomic E-state index is 0.0107. The summed E-state index contributed by atoms with van der Waals surface area (Å²) in [5, 5.41) is 2.10. The van der Waals surface area contributed by atoms with E-state index in [1.165, 1.54) is 25.3 Å². The molecule has 1 heterocycles. The number of carbonyl (C=O) groups excluding carboxylic acids is 2. The number of carbonyl (C=O) groups is 2. The molecule has 1 aromatic heterocycles. The van der Waals surface area contributed by atoms with Gasteiger partial charge in [-0.3, -0.25) is 19.5 Å². The first-order chi connectivity index (χ1) is 9.54. The summed E-state index contributed by atoms with van der Waals surface area (Å²) in [4.78, 5) is 46.6. The molecular formula is C13H10N2O5.